The first-order valence-electron chi connectivity index (χ1n) is 25.4. The molecule has 4 rings (SSSR count). The Morgan fingerprint density at radius 2 is 1.54 bits per heavy atom. The van der Waals surface area contributed by atoms with Crippen LogP contribution in [0.2, 0.25) is 0 Å². The fraction of sp³-hybridized carbons (Fsp3) is 0.759. The molecule has 3 aliphatic heterocycles. The summed E-state index contributed by atoms with van der Waals surface area (Å²) < 4.78 is 41.8. The molecule has 0 spiro atoms. The van der Waals surface area contributed by atoms with Crippen molar-refractivity contribution < 1.29 is 67.3 Å². The number of carbonyl (C=O) groups is 5. The fourth-order valence-electron chi connectivity index (χ4n) is 10.8. The van der Waals surface area contributed by atoms with Crippen molar-refractivity contribution in [1.82, 2.24) is 4.90 Å². The molecule has 1 saturated carbocycles. The molecule has 15 atom stereocenters. The van der Waals surface area contributed by atoms with Crippen LogP contribution in [-0.4, -0.2) is 147 Å². The van der Waals surface area contributed by atoms with Crippen LogP contribution in [0.15, 0.2) is 47.6 Å². The van der Waals surface area contributed by atoms with Crippen LogP contribution in [0.3, 0.4) is 0 Å². The molecular formula is C54H85NO14. The molecule has 69 heavy (non-hydrogen) atoms. The summed E-state index contributed by atoms with van der Waals surface area (Å²) in [4.78, 5) is 72.6. The molecule has 0 aromatic rings. The highest BCUT2D eigenvalue weighted by Gasteiger charge is 2.53. The van der Waals surface area contributed by atoms with Gasteiger partial charge in [0.05, 0.1) is 37.6 Å². The molecule has 0 aromatic heterocycles. The van der Waals surface area contributed by atoms with Gasteiger partial charge in [0.2, 0.25) is 5.79 Å². The van der Waals surface area contributed by atoms with Crippen LogP contribution in [-0.2, 0) is 57.1 Å². The van der Waals surface area contributed by atoms with Crippen LogP contribution >= 0.6 is 0 Å². The number of carbonyl (C=O) groups excluding carboxylic acids is 5. The van der Waals surface area contributed by atoms with Gasteiger partial charge in [0.15, 0.2) is 5.78 Å². The Hall–Kier alpha value is -3.41. The quantitative estimate of drug-likeness (QED) is 0.131. The number of nitrogens with zero attached hydrogens (tertiary/aromatic N) is 1. The molecule has 2 N–H and O–H groups in total. The summed E-state index contributed by atoms with van der Waals surface area (Å²) in [6, 6.07) is -1.13. The van der Waals surface area contributed by atoms with Crippen LogP contribution in [0.25, 0.3) is 0 Å². The Morgan fingerprint density at radius 1 is 0.812 bits per heavy atom. The van der Waals surface area contributed by atoms with Crippen molar-refractivity contribution in [2.24, 2.45) is 35.5 Å². The van der Waals surface area contributed by atoms with Gasteiger partial charge in [-0.1, -0.05) is 71.1 Å². The molecule has 3 fully saturated rings. The molecule has 0 aromatic carbocycles. The van der Waals surface area contributed by atoms with Crippen LogP contribution in [0.1, 0.15) is 126 Å². The smallest absolute Gasteiger partial charge is 0.329 e. The maximum atomic E-state index is 14.5. The van der Waals surface area contributed by atoms with Crippen LogP contribution in [0, 0.1) is 35.5 Å². The zero-order chi connectivity index (χ0) is 51.0. The second-order valence-electron chi connectivity index (χ2n) is 20.4. The lowest BCUT2D eigenvalue weighted by atomic mass is 9.78. The van der Waals surface area contributed by atoms with E-state index in [-0.39, 0.29) is 80.0 Å². The van der Waals surface area contributed by atoms with Crippen molar-refractivity contribution in [2.45, 2.75) is 180 Å². The van der Waals surface area contributed by atoms with Crippen molar-refractivity contribution in [3.63, 3.8) is 0 Å². The number of allylic oxidation sites excluding steroid dienone is 6. The van der Waals surface area contributed by atoms with E-state index in [2.05, 4.69) is 0 Å². The van der Waals surface area contributed by atoms with Gasteiger partial charge in [0.25, 0.3) is 11.7 Å². The van der Waals surface area contributed by atoms with E-state index >= 15 is 0 Å². The molecule has 15 heteroatoms. The Bertz CT molecular complexity index is 1830. The summed E-state index contributed by atoms with van der Waals surface area (Å²) in [5, 5.41) is 21.4. The van der Waals surface area contributed by atoms with E-state index in [1.165, 1.54) is 19.1 Å². The van der Waals surface area contributed by atoms with Crippen molar-refractivity contribution in [3.05, 3.63) is 47.6 Å². The molecule has 0 radical (unpaired) electrons. The lowest BCUT2D eigenvalue weighted by Gasteiger charge is -2.42. The van der Waals surface area contributed by atoms with E-state index in [1.54, 1.807) is 34.1 Å². The van der Waals surface area contributed by atoms with Gasteiger partial charge in [-0.2, -0.15) is 0 Å². The number of methoxy groups -OCH3 is 4. The van der Waals surface area contributed by atoms with E-state index in [4.69, 9.17) is 33.2 Å². The molecular weight excluding hydrogens is 887 g/mol. The average Bonchev–Trinajstić information content (AvgIpc) is 3.33. The summed E-state index contributed by atoms with van der Waals surface area (Å²) in [7, 11) is 6.22. The van der Waals surface area contributed by atoms with E-state index in [0.29, 0.717) is 63.4 Å². The standard InChI is InChI=1S/C54H85NO14/c1-33-17-13-12-14-18-34(2)45(63-8)31-41-22-20-39(7)54(62,69-41)51(59)52(60)55-24-16-15-19-42(55)53(61)68-46(36(4)29-40-21-23-44(67-26-25-56)47(30-40)64-9)32-43(57)35(3)28-38(6)49(65-10)50(66-11)48(58)37(5)27-33/h12-14,17-18,28,33,35-37,39-42,44-47,49-50,56,62H,15-16,19-27,29-32H2,1-11H3/b14-12+,17-13+,34-18+,38-28+/t33-,35-,36-,37-,39-,40+,41+,42+,44-,45-,46+,47-,49-,50+,54-/m1/s1. The largest absolute Gasteiger partial charge is 0.460 e. The highest BCUT2D eigenvalue weighted by Crippen LogP contribution is 2.38. The second-order valence-corrected chi connectivity index (χ2v) is 20.4. The Morgan fingerprint density at radius 3 is 2.20 bits per heavy atom. The lowest BCUT2D eigenvalue weighted by Crippen LogP contribution is -2.61. The number of amides is 1. The number of rotatable bonds is 10. The SMILES string of the molecule is CO[C@@H]1/C(C)=C/[C@@H](C)C(=O)C[C@@H]([C@H](C)C[C@@H]2CC[C@@H](OCCO)[C@H](OC)C2)OC(=O)[C@@H]2CCCCN2C(=O)C(=O)[C@]2(O)O[C@@H](CC[C@H]2C)C[C@@H](OC)/C(C)=C/C=C/C=C/[C@@H](C)C[C@@H](C)C(=O)[C@@H]1OC. The maximum absolute atomic E-state index is 14.5. The predicted octanol–water partition coefficient (Wildman–Crippen LogP) is 6.85. The number of esters is 1. The molecule has 1 aliphatic carbocycles. The average molecular weight is 972 g/mol. The van der Waals surface area contributed by atoms with Gasteiger partial charge in [-0.05, 0) is 107 Å². The van der Waals surface area contributed by atoms with E-state index in [1.807, 2.05) is 65.0 Å². The predicted molar refractivity (Wildman–Crippen MR) is 261 cm³/mol. The highest BCUT2D eigenvalue weighted by molar-refractivity contribution is 6.39. The Kier molecular flexibility index (Phi) is 23.6. The van der Waals surface area contributed by atoms with Crippen LogP contribution in [0.4, 0.5) is 0 Å². The third-order valence-electron chi connectivity index (χ3n) is 15.1. The van der Waals surface area contributed by atoms with Gasteiger partial charge < -0.3 is 48.3 Å². The summed E-state index contributed by atoms with van der Waals surface area (Å²) in [6.07, 6.45) is 13.4. The maximum Gasteiger partial charge on any atom is 0.329 e. The summed E-state index contributed by atoms with van der Waals surface area (Å²) in [5.74, 6) is -7.45. The summed E-state index contributed by atoms with van der Waals surface area (Å²) >= 11 is 0. The number of aliphatic hydroxyl groups is 2. The minimum absolute atomic E-state index is 0.0564. The van der Waals surface area contributed by atoms with E-state index in [0.717, 1.165) is 12.0 Å². The monoisotopic (exact) mass is 972 g/mol. The number of fused-ring (bicyclic) bond motifs is 3. The Balaban J connectivity index is 1.71. The minimum Gasteiger partial charge on any atom is -0.460 e. The molecule has 0 unspecified atom stereocenters. The molecule has 3 heterocycles. The highest BCUT2D eigenvalue weighted by atomic mass is 16.6. The van der Waals surface area contributed by atoms with Crippen molar-refractivity contribution >= 4 is 29.2 Å². The fourth-order valence-corrected chi connectivity index (χ4v) is 10.8. The number of Topliss-reactive ketones (excluding diaryl/α,β-unsaturated/α-hetero) is 3. The van der Waals surface area contributed by atoms with Gasteiger partial charge in [0, 0.05) is 65.6 Å². The number of ketones is 3. The zero-order valence-corrected chi connectivity index (χ0v) is 43.4. The van der Waals surface area contributed by atoms with Gasteiger partial charge in [0.1, 0.15) is 30.1 Å². The Labute approximate surface area is 411 Å². The lowest BCUT2D eigenvalue weighted by molar-refractivity contribution is -0.265. The molecule has 15 nitrogen and oxygen atoms in total. The molecule has 2 bridgehead atoms. The summed E-state index contributed by atoms with van der Waals surface area (Å²) in [5.41, 5.74) is 1.53. The number of hydrogen-bond donors (Lipinski definition) is 2. The van der Waals surface area contributed by atoms with Crippen LogP contribution in [0.5, 0.6) is 0 Å². The number of ether oxygens (including phenoxy) is 7. The summed E-state index contributed by atoms with van der Waals surface area (Å²) in [6.45, 7) is 13.3. The first-order valence-corrected chi connectivity index (χ1v) is 25.4. The third kappa shape index (κ3) is 15.8. The molecule has 390 valence electrons. The second kappa shape index (κ2) is 28.0. The first kappa shape index (κ1) is 58.2. The van der Waals surface area contributed by atoms with Crippen molar-refractivity contribution in [2.75, 3.05) is 48.2 Å². The number of hydrogen-bond acceptors (Lipinski definition) is 14. The third-order valence-corrected chi connectivity index (χ3v) is 15.1. The number of cyclic esters (lactones) is 1. The van der Waals surface area contributed by atoms with Gasteiger partial charge in [-0.25, -0.2) is 4.79 Å². The normalized spacial score (nSPS) is 38.8. The van der Waals surface area contributed by atoms with E-state index < -0.39 is 71.8 Å². The molecule has 2 saturated heterocycles. The van der Waals surface area contributed by atoms with E-state index in [9.17, 15) is 34.2 Å². The number of piperidine rings is 1. The molecule has 1 amide bonds. The van der Waals surface area contributed by atoms with Crippen molar-refractivity contribution in [1.29, 1.82) is 0 Å². The first-order chi connectivity index (χ1) is 32.8. The van der Waals surface area contributed by atoms with Crippen LogP contribution < -0.4 is 0 Å². The van der Waals surface area contributed by atoms with Gasteiger partial charge in [-0.15, -0.1) is 0 Å². The van der Waals surface area contributed by atoms with Gasteiger partial charge >= 0.3 is 5.97 Å². The number of aliphatic hydroxyl groups excluding tert-OH is 1. The molecule has 4 aliphatic rings. The van der Waals surface area contributed by atoms with Crippen molar-refractivity contribution in [3.8, 4) is 0 Å². The minimum atomic E-state index is -2.43. The zero-order valence-electron chi connectivity index (χ0n) is 43.4. The topological polar surface area (TPSA) is 194 Å². The van der Waals surface area contributed by atoms with Gasteiger partial charge in [-0.3, -0.25) is 19.2 Å².